The molecule has 0 saturated heterocycles. The van der Waals surface area contributed by atoms with Crippen molar-refractivity contribution in [3.8, 4) is 11.5 Å². The first kappa shape index (κ1) is 14.5. The van der Waals surface area contributed by atoms with Gasteiger partial charge < -0.3 is 9.84 Å². The van der Waals surface area contributed by atoms with Crippen LogP contribution in [0.15, 0.2) is 6.20 Å². The molecule has 0 bridgehead atoms. The maximum Gasteiger partial charge on any atom is 0.171 e. The second kappa shape index (κ2) is 5.58. The van der Waals surface area contributed by atoms with Crippen LogP contribution in [-0.4, -0.2) is 24.9 Å². The van der Waals surface area contributed by atoms with Crippen molar-refractivity contribution in [3.05, 3.63) is 29.1 Å². The molecule has 6 heteroatoms. The molecular weight excluding hydrogens is 256 g/mol. The van der Waals surface area contributed by atoms with Crippen molar-refractivity contribution in [2.75, 3.05) is 0 Å². The minimum absolute atomic E-state index is 0.185. The second-order valence-electron chi connectivity index (χ2n) is 5.08. The molecule has 20 heavy (non-hydrogen) atoms. The third kappa shape index (κ3) is 2.65. The summed E-state index contributed by atoms with van der Waals surface area (Å²) >= 11 is 0. The molecule has 1 N–H and O–H groups in total. The summed E-state index contributed by atoms with van der Waals surface area (Å²) in [7, 11) is 1.86. The first-order valence-corrected chi connectivity index (χ1v) is 6.58. The van der Waals surface area contributed by atoms with Gasteiger partial charge in [0.25, 0.3) is 0 Å². The third-order valence-corrected chi connectivity index (χ3v) is 3.17. The molecule has 2 rings (SSSR count). The Hall–Kier alpha value is -1.95. The number of aromatic nitrogens is 4. The Balaban J connectivity index is 2.38. The fraction of sp³-hybridized carbons (Fsp3) is 0.500. The highest BCUT2D eigenvalue weighted by molar-refractivity contribution is 5.38. The lowest BCUT2D eigenvalue weighted by atomic mass is 10.2. The molecule has 0 aromatic carbocycles. The normalized spacial score (nSPS) is 11.2. The van der Waals surface area contributed by atoms with Crippen LogP contribution >= 0.6 is 0 Å². The molecule has 0 spiro atoms. The van der Waals surface area contributed by atoms with Gasteiger partial charge in [-0.2, -0.15) is 5.10 Å². The summed E-state index contributed by atoms with van der Waals surface area (Å²) in [6, 6.07) is 0. The zero-order chi connectivity index (χ0) is 14.9. The largest absolute Gasteiger partial charge is 0.450 e. The van der Waals surface area contributed by atoms with E-state index in [0.29, 0.717) is 23.0 Å². The van der Waals surface area contributed by atoms with E-state index in [-0.39, 0.29) is 12.5 Å². The van der Waals surface area contributed by atoms with Gasteiger partial charge in [0.2, 0.25) is 0 Å². The summed E-state index contributed by atoms with van der Waals surface area (Å²) < 4.78 is 7.61. The summed E-state index contributed by atoms with van der Waals surface area (Å²) in [5, 5.41) is 13.8. The number of hydrogen-bond acceptors (Lipinski definition) is 5. The van der Waals surface area contributed by atoms with Gasteiger partial charge in [-0.1, -0.05) is 13.8 Å². The van der Waals surface area contributed by atoms with Gasteiger partial charge in [0, 0.05) is 13.0 Å². The summed E-state index contributed by atoms with van der Waals surface area (Å²) in [4.78, 5) is 8.61. The minimum Gasteiger partial charge on any atom is -0.450 e. The van der Waals surface area contributed by atoms with E-state index >= 15 is 0 Å². The van der Waals surface area contributed by atoms with E-state index in [9.17, 15) is 5.11 Å². The summed E-state index contributed by atoms with van der Waals surface area (Å²) in [5.74, 6) is 2.05. The maximum atomic E-state index is 9.46. The van der Waals surface area contributed by atoms with Crippen molar-refractivity contribution in [2.24, 2.45) is 7.05 Å². The van der Waals surface area contributed by atoms with E-state index in [1.165, 1.54) is 0 Å². The van der Waals surface area contributed by atoms with Crippen molar-refractivity contribution in [2.45, 2.75) is 40.2 Å². The van der Waals surface area contributed by atoms with E-state index in [2.05, 4.69) is 15.1 Å². The van der Waals surface area contributed by atoms with Crippen LogP contribution in [0.3, 0.4) is 0 Å². The first-order chi connectivity index (χ1) is 9.43. The van der Waals surface area contributed by atoms with Crippen LogP contribution in [-0.2, 0) is 13.7 Å². The molecule has 0 atom stereocenters. The lowest BCUT2D eigenvalue weighted by Gasteiger charge is -2.11. The molecule has 6 nitrogen and oxygen atoms in total. The van der Waals surface area contributed by atoms with E-state index in [1.807, 2.05) is 34.7 Å². The Morgan fingerprint density at radius 1 is 1.35 bits per heavy atom. The van der Waals surface area contributed by atoms with Crippen LogP contribution in [0.25, 0.3) is 0 Å². The Labute approximate surface area is 118 Å². The van der Waals surface area contributed by atoms with Crippen molar-refractivity contribution in [1.82, 2.24) is 19.7 Å². The molecule has 0 unspecified atom stereocenters. The van der Waals surface area contributed by atoms with Crippen LogP contribution in [0, 0.1) is 13.8 Å². The average Bonchev–Trinajstić information content (AvgIpc) is 2.65. The number of rotatable bonds is 4. The number of aliphatic hydroxyl groups excluding tert-OH is 1. The molecule has 0 saturated carbocycles. The maximum absolute atomic E-state index is 9.46. The lowest BCUT2D eigenvalue weighted by Crippen LogP contribution is -2.04. The van der Waals surface area contributed by atoms with Gasteiger partial charge in [-0.15, -0.1) is 0 Å². The van der Waals surface area contributed by atoms with E-state index in [0.717, 1.165) is 11.4 Å². The van der Waals surface area contributed by atoms with Gasteiger partial charge in [-0.3, -0.25) is 4.68 Å². The number of aryl methyl sites for hydroxylation is 2. The molecule has 0 aliphatic carbocycles. The van der Waals surface area contributed by atoms with Gasteiger partial charge in [-0.05, 0) is 13.8 Å². The molecule has 0 amide bonds. The van der Waals surface area contributed by atoms with Crippen LogP contribution in [0.4, 0.5) is 0 Å². The predicted octanol–water partition coefficient (Wildman–Crippen LogP) is 2.23. The highest BCUT2D eigenvalue weighted by Gasteiger charge is 2.16. The molecule has 2 aromatic rings. The summed E-state index contributed by atoms with van der Waals surface area (Å²) in [6.07, 6.45) is 1.61. The fourth-order valence-electron chi connectivity index (χ4n) is 1.91. The zero-order valence-corrected chi connectivity index (χ0v) is 12.5. The number of aliphatic hydroxyl groups is 1. The Kier molecular flexibility index (Phi) is 4.04. The highest BCUT2D eigenvalue weighted by atomic mass is 16.5. The summed E-state index contributed by atoms with van der Waals surface area (Å²) in [5.41, 5.74) is 2.20. The Morgan fingerprint density at radius 2 is 2.05 bits per heavy atom. The van der Waals surface area contributed by atoms with Crippen molar-refractivity contribution in [1.29, 1.82) is 0 Å². The number of nitrogens with zero attached hydrogens (tertiary/aromatic N) is 4. The second-order valence-corrected chi connectivity index (χ2v) is 5.08. The lowest BCUT2D eigenvalue weighted by molar-refractivity contribution is 0.269. The van der Waals surface area contributed by atoms with E-state index < -0.39 is 0 Å². The molecule has 2 aromatic heterocycles. The SMILES string of the molecule is Cc1nn(C)c(C)c1Oc1cnc(C(C)C)nc1CO. The van der Waals surface area contributed by atoms with Crippen LogP contribution in [0.5, 0.6) is 11.5 Å². The Morgan fingerprint density at radius 3 is 2.55 bits per heavy atom. The zero-order valence-electron chi connectivity index (χ0n) is 12.5. The predicted molar refractivity (Wildman–Crippen MR) is 74.8 cm³/mol. The smallest absolute Gasteiger partial charge is 0.171 e. The minimum atomic E-state index is -0.185. The molecule has 0 aliphatic heterocycles. The van der Waals surface area contributed by atoms with Crippen molar-refractivity contribution < 1.29 is 9.84 Å². The van der Waals surface area contributed by atoms with Gasteiger partial charge in [0.1, 0.15) is 17.2 Å². The summed E-state index contributed by atoms with van der Waals surface area (Å²) in [6.45, 7) is 7.64. The van der Waals surface area contributed by atoms with Crippen molar-refractivity contribution >= 4 is 0 Å². The molecule has 0 aliphatic rings. The van der Waals surface area contributed by atoms with Gasteiger partial charge in [0.05, 0.1) is 18.5 Å². The van der Waals surface area contributed by atoms with Gasteiger partial charge in [-0.25, -0.2) is 9.97 Å². The van der Waals surface area contributed by atoms with Crippen LogP contribution in [0.1, 0.15) is 42.7 Å². The molecule has 0 fully saturated rings. The highest BCUT2D eigenvalue weighted by Crippen LogP contribution is 2.29. The molecule has 2 heterocycles. The number of ether oxygens (including phenoxy) is 1. The Bertz CT molecular complexity index is 620. The average molecular weight is 276 g/mol. The topological polar surface area (TPSA) is 73.1 Å². The fourth-order valence-corrected chi connectivity index (χ4v) is 1.91. The van der Waals surface area contributed by atoms with E-state index in [4.69, 9.17) is 4.74 Å². The quantitative estimate of drug-likeness (QED) is 0.927. The van der Waals surface area contributed by atoms with Crippen LogP contribution < -0.4 is 4.74 Å². The number of hydrogen-bond donors (Lipinski definition) is 1. The van der Waals surface area contributed by atoms with Gasteiger partial charge in [0.15, 0.2) is 11.5 Å². The third-order valence-electron chi connectivity index (χ3n) is 3.17. The van der Waals surface area contributed by atoms with Gasteiger partial charge >= 0.3 is 0 Å². The monoisotopic (exact) mass is 276 g/mol. The van der Waals surface area contributed by atoms with Crippen molar-refractivity contribution in [3.63, 3.8) is 0 Å². The molecule has 108 valence electrons. The first-order valence-electron chi connectivity index (χ1n) is 6.58. The standard InChI is InChI=1S/C14H20N4O2/c1-8(2)14-15-6-12(11(7-19)16-14)20-13-9(3)17-18(5)10(13)4/h6,8,19H,7H2,1-5H3. The van der Waals surface area contributed by atoms with E-state index in [1.54, 1.807) is 10.9 Å². The van der Waals surface area contributed by atoms with Crippen LogP contribution in [0.2, 0.25) is 0 Å². The molecular formula is C14H20N4O2. The molecule has 0 radical (unpaired) electrons.